The number of nitrogens with zero attached hydrogens (tertiary/aromatic N) is 2. The fourth-order valence-corrected chi connectivity index (χ4v) is 9.66. The van der Waals surface area contributed by atoms with Crippen molar-refractivity contribution in [1.29, 1.82) is 0 Å². The van der Waals surface area contributed by atoms with Crippen LogP contribution in [0.5, 0.6) is 0 Å². The lowest BCUT2D eigenvalue weighted by Gasteiger charge is -2.28. The molecule has 57 heavy (non-hydrogen) atoms. The Hall–Kier alpha value is -7.20. The number of aromatic nitrogens is 1. The Bertz CT molecular complexity index is 3220. The summed E-state index contributed by atoms with van der Waals surface area (Å²) in [6.07, 6.45) is 0. The molecule has 2 heterocycles. The molecule has 3 heteroatoms. The number of hydrogen-bond donors (Lipinski definition) is 0. The second kappa shape index (κ2) is 13.8. The van der Waals surface area contributed by atoms with Gasteiger partial charge in [0.2, 0.25) is 0 Å². The van der Waals surface area contributed by atoms with E-state index in [0.717, 1.165) is 28.3 Å². The van der Waals surface area contributed by atoms with E-state index in [1.807, 2.05) is 11.3 Å². The Morgan fingerprint density at radius 2 is 0.965 bits per heavy atom. The van der Waals surface area contributed by atoms with E-state index in [1.54, 1.807) is 0 Å². The Balaban J connectivity index is 1.12. The van der Waals surface area contributed by atoms with Crippen LogP contribution in [0.15, 0.2) is 218 Å². The average Bonchev–Trinajstić information content (AvgIpc) is 3.83. The SMILES string of the molecule is c1ccc(-c2ccccc2N(c2ccc(-c3ccc4sc5ccccc5c4c3)cc2)c2ccc3c4c(-c5ccccc5)cccc4n(-c4ccccc4)c3c2)cc1. The minimum Gasteiger partial charge on any atom is -0.310 e. The van der Waals surface area contributed by atoms with Crippen LogP contribution in [0.1, 0.15) is 0 Å². The fraction of sp³-hybridized carbons (Fsp3) is 0. The van der Waals surface area contributed by atoms with E-state index in [4.69, 9.17) is 0 Å². The zero-order valence-corrected chi connectivity index (χ0v) is 31.9. The summed E-state index contributed by atoms with van der Waals surface area (Å²) in [4.78, 5) is 2.42. The van der Waals surface area contributed by atoms with Gasteiger partial charge in [-0.1, -0.05) is 152 Å². The molecule has 11 aromatic rings. The lowest BCUT2D eigenvalue weighted by molar-refractivity contribution is 1.18. The van der Waals surface area contributed by atoms with Crippen LogP contribution in [0.4, 0.5) is 17.1 Å². The van der Waals surface area contributed by atoms with Crippen LogP contribution < -0.4 is 4.90 Å². The third-order valence-corrected chi connectivity index (χ3v) is 12.3. The highest BCUT2D eigenvalue weighted by molar-refractivity contribution is 7.25. The molecule has 0 N–H and O–H groups in total. The maximum absolute atomic E-state index is 2.43. The van der Waals surface area contributed by atoms with Crippen molar-refractivity contribution in [3.05, 3.63) is 218 Å². The molecule has 2 aromatic heterocycles. The molecule has 0 radical (unpaired) electrons. The van der Waals surface area contributed by atoms with Crippen LogP contribution >= 0.6 is 11.3 Å². The van der Waals surface area contributed by atoms with Gasteiger partial charge in [0.1, 0.15) is 0 Å². The first-order valence-electron chi connectivity index (χ1n) is 19.4. The quantitative estimate of drug-likeness (QED) is 0.158. The molecule has 0 unspecified atom stereocenters. The second-order valence-electron chi connectivity index (χ2n) is 14.5. The number of anilines is 3. The Labute approximate surface area is 335 Å². The van der Waals surface area contributed by atoms with E-state index < -0.39 is 0 Å². The standard InChI is InChI=1S/C54H36N2S/c1-4-15-38(16-5-1)44-21-10-12-24-49(44)55(42-30-27-37(28-31-42)40-29-34-53-48(35-40)46-22-11-13-26-52(46)57-53)43-32-33-47-51(36-43)56(41-19-8-3-9-20-41)50-25-14-23-45(54(47)50)39-17-6-2-7-18-39/h1-36H. The molecule has 0 aliphatic heterocycles. The zero-order chi connectivity index (χ0) is 37.7. The van der Waals surface area contributed by atoms with Gasteiger partial charge in [0.15, 0.2) is 0 Å². The summed E-state index contributed by atoms with van der Waals surface area (Å²) in [5.41, 5.74) is 14.0. The smallest absolute Gasteiger partial charge is 0.0562 e. The molecular formula is C54H36N2S. The van der Waals surface area contributed by atoms with Gasteiger partial charge in [-0.2, -0.15) is 0 Å². The van der Waals surface area contributed by atoms with Crippen molar-refractivity contribution in [3.63, 3.8) is 0 Å². The van der Waals surface area contributed by atoms with Crippen molar-refractivity contribution in [2.24, 2.45) is 0 Å². The van der Waals surface area contributed by atoms with Crippen molar-refractivity contribution in [2.45, 2.75) is 0 Å². The Morgan fingerprint density at radius 1 is 0.351 bits per heavy atom. The van der Waals surface area contributed by atoms with E-state index in [0.29, 0.717) is 0 Å². The predicted molar refractivity (Wildman–Crippen MR) is 245 cm³/mol. The van der Waals surface area contributed by atoms with Gasteiger partial charge >= 0.3 is 0 Å². The third kappa shape index (κ3) is 5.71. The zero-order valence-electron chi connectivity index (χ0n) is 31.1. The van der Waals surface area contributed by atoms with E-state index >= 15 is 0 Å². The summed E-state index contributed by atoms with van der Waals surface area (Å²) in [5, 5.41) is 5.11. The highest BCUT2D eigenvalue weighted by Gasteiger charge is 2.21. The summed E-state index contributed by atoms with van der Waals surface area (Å²) in [5.74, 6) is 0. The topological polar surface area (TPSA) is 8.17 Å². The number of para-hydroxylation sites is 2. The molecule has 0 bridgehead atoms. The predicted octanol–water partition coefficient (Wildman–Crippen LogP) is 15.6. The van der Waals surface area contributed by atoms with Crippen LogP contribution in [0.3, 0.4) is 0 Å². The monoisotopic (exact) mass is 744 g/mol. The molecule has 0 atom stereocenters. The fourth-order valence-electron chi connectivity index (χ4n) is 8.57. The van der Waals surface area contributed by atoms with E-state index in [2.05, 4.69) is 228 Å². The molecule has 9 aromatic carbocycles. The van der Waals surface area contributed by atoms with Gasteiger partial charge in [0.25, 0.3) is 0 Å². The molecule has 0 aliphatic carbocycles. The molecule has 0 aliphatic rings. The van der Waals surface area contributed by atoms with E-state index in [9.17, 15) is 0 Å². The van der Waals surface area contributed by atoms with Gasteiger partial charge in [0, 0.05) is 53.6 Å². The summed E-state index contributed by atoms with van der Waals surface area (Å²) >= 11 is 1.86. The molecule has 0 amide bonds. The van der Waals surface area contributed by atoms with Gasteiger partial charge in [-0.3, -0.25) is 0 Å². The number of hydrogen-bond acceptors (Lipinski definition) is 2. The normalized spacial score (nSPS) is 11.5. The lowest BCUT2D eigenvalue weighted by Crippen LogP contribution is -2.11. The third-order valence-electron chi connectivity index (χ3n) is 11.2. The van der Waals surface area contributed by atoms with Crippen molar-refractivity contribution < 1.29 is 0 Å². The van der Waals surface area contributed by atoms with Gasteiger partial charge in [-0.25, -0.2) is 0 Å². The molecule has 0 spiro atoms. The first-order chi connectivity index (χ1) is 28.3. The van der Waals surface area contributed by atoms with Gasteiger partial charge in [-0.15, -0.1) is 11.3 Å². The van der Waals surface area contributed by atoms with Crippen LogP contribution in [-0.2, 0) is 0 Å². The number of fused-ring (bicyclic) bond motifs is 6. The van der Waals surface area contributed by atoms with Crippen LogP contribution in [0.25, 0.3) is 81.0 Å². The largest absolute Gasteiger partial charge is 0.310 e. The number of benzene rings is 9. The minimum absolute atomic E-state index is 1.09. The highest BCUT2D eigenvalue weighted by atomic mass is 32.1. The van der Waals surface area contributed by atoms with Crippen molar-refractivity contribution in [2.75, 3.05) is 4.90 Å². The molecule has 268 valence electrons. The Kier molecular flexibility index (Phi) is 8.04. The van der Waals surface area contributed by atoms with Gasteiger partial charge in [0.05, 0.1) is 16.7 Å². The van der Waals surface area contributed by atoms with Crippen LogP contribution in [0, 0.1) is 0 Å². The molecule has 0 saturated heterocycles. The van der Waals surface area contributed by atoms with Crippen molar-refractivity contribution in [1.82, 2.24) is 4.57 Å². The molecule has 2 nitrogen and oxygen atoms in total. The van der Waals surface area contributed by atoms with E-state index in [1.165, 1.54) is 69.8 Å². The summed E-state index contributed by atoms with van der Waals surface area (Å²) in [6.45, 7) is 0. The lowest BCUT2D eigenvalue weighted by atomic mass is 9.99. The minimum atomic E-state index is 1.09. The molecular weight excluding hydrogens is 709 g/mol. The molecule has 0 fully saturated rings. The second-order valence-corrected chi connectivity index (χ2v) is 15.6. The van der Waals surface area contributed by atoms with Crippen molar-refractivity contribution >= 4 is 70.4 Å². The molecule has 0 saturated carbocycles. The first-order valence-corrected chi connectivity index (χ1v) is 20.2. The van der Waals surface area contributed by atoms with Gasteiger partial charge < -0.3 is 9.47 Å². The number of thiophene rings is 1. The van der Waals surface area contributed by atoms with Gasteiger partial charge in [-0.05, 0) is 94.5 Å². The van der Waals surface area contributed by atoms with Crippen molar-refractivity contribution in [3.8, 4) is 39.1 Å². The van der Waals surface area contributed by atoms with E-state index in [-0.39, 0.29) is 0 Å². The average molecular weight is 745 g/mol. The number of rotatable bonds is 7. The Morgan fingerprint density at radius 3 is 1.75 bits per heavy atom. The first kappa shape index (κ1) is 33.2. The van der Waals surface area contributed by atoms with Crippen LogP contribution in [-0.4, -0.2) is 4.57 Å². The summed E-state index contributed by atoms with van der Waals surface area (Å²) in [7, 11) is 0. The molecule has 11 rings (SSSR count). The maximum atomic E-state index is 2.43. The summed E-state index contributed by atoms with van der Waals surface area (Å²) in [6, 6.07) is 79.4. The summed E-state index contributed by atoms with van der Waals surface area (Å²) < 4.78 is 5.07. The van der Waals surface area contributed by atoms with Crippen LogP contribution in [0.2, 0.25) is 0 Å². The highest BCUT2D eigenvalue weighted by Crippen LogP contribution is 2.45. The maximum Gasteiger partial charge on any atom is 0.0562 e.